The second-order valence-corrected chi connectivity index (χ2v) is 9.63. The summed E-state index contributed by atoms with van der Waals surface area (Å²) >= 11 is 1.69. The van der Waals surface area contributed by atoms with E-state index in [2.05, 4.69) is 37.1 Å². The van der Waals surface area contributed by atoms with Crippen molar-refractivity contribution in [2.45, 2.75) is 39.7 Å². The Labute approximate surface area is 183 Å². The molecule has 1 aliphatic rings. The summed E-state index contributed by atoms with van der Waals surface area (Å²) < 4.78 is 0. The minimum Gasteiger partial charge on any atom is -0.325 e. The van der Waals surface area contributed by atoms with E-state index in [0.717, 1.165) is 24.0 Å². The van der Waals surface area contributed by atoms with Gasteiger partial charge in [-0.25, -0.2) is 0 Å². The van der Waals surface area contributed by atoms with Gasteiger partial charge in [0.15, 0.2) is 0 Å². The van der Waals surface area contributed by atoms with Gasteiger partial charge < -0.3 is 10.2 Å². The number of nitrogens with zero attached hydrogens (tertiary/aromatic N) is 1. The highest BCUT2D eigenvalue weighted by Gasteiger charge is 2.34. The van der Waals surface area contributed by atoms with Gasteiger partial charge in [0, 0.05) is 28.4 Å². The molecule has 2 N–H and O–H groups in total. The molecule has 0 unspecified atom stereocenters. The van der Waals surface area contributed by atoms with Crippen LogP contribution in [0.25, 0.3) is 0 Å². The van der Waals surface area contributed by atoms with Crippen LogP contribution in [0.2, 0.25) is 0 Å². The maximum Gasteiger partial charge on any atom is 0.256 e. The molecule has 4 rings (SSSR count). The van der Waals surface area contributed by atoms with E-state index in [4.69, 9.17) is 0 Å². The second kappa shape index (κ2) is 9.11. The van der Waals surface area contributed by atoms with Crippen molar-refractivity contribution in [3.8, 4) is 0 Å². The molecular formula is C25H30N3OS+. The number of carbonyl (C=O) groups excluding carboxylic acids is 1. The maximum absolute atomic E-state index is 12.9. The number of amides is 1. The number of nitrogens with one attached hydrogen (secondary N) is 2. The van der Waals surface area contributed by atoms with Gasteiger partial charge in [-0.1, -0.05) is 25.1 Å². The number of anilines is 1. The van der Waals surface area contributed by atoms with Gasteiger partial charge in [0.1, 0.15) is 11.0 Å². The minimum absolute atomic E-state index is 0.0506. The van der Waals surface area contributed by atoms with E-state index >= 15 is 0 Å². The van der Waals surface area contributed by atoms with Gasteiger partial charge in [-0.3, -0.25) is 9.78 Å². The molecule has 0 aliphatic carbocycles. The van der Waals surface area contributed by atoms with E-state index < -0.39 is 0 Å². The molecule has 0 saturated carbocycles. The van der Waals surface area contributed by atoms with Gasteiger partial charge in [0.2, 0.25) is 0 Å². The summed E-state index contributed by atoms with van der Waals surface area (Å²) in [4.78, 5) is 20.2. The average Bonchev–Trinajstić information content (AvgIpc) is 3.04. The fraction of sp³-hybridized carbons (Fsp3) is 0.360. The third kappa shape index (κ3) is 4.32. The Morgan fingerprint density at radius 1 is 1.13 bits per heavy atom. The molecule has 0 spiro atoms. The molecule has 0 bridgehead atoms. The van der Waals surface area contributed by atoms with Crippen LogP contribution in [0.5, 0.6) is 0 Å². The summed E-state index contributed by atoms with van der Waals surface area (Å²) in [5, 5.41) is 4.20. The van der Waals surface area contributed by atoms with E-state index in [9.17, 15) is 4.79 Å². The van der Waals surface area contributed by atoms with E-state index in [1.165, 1.54) is 34.4 Å². The number of benzene rings is 1. The van der Waals surface area contributed by atoms with Crippen molar-refractivity contribution in [3.05, 3.63) is 82.0 Å². The van der Waals surface area contributed by atoms with Gasteiger partial charge in [-0.15, -0.1) is 11.3 Å². The van der Waals surface area contributed by atoms with Crippen molar-refractivity contribution >= 4 is 22.2 Å². The summed E-state index contributed by atoms with van der Waals surface area (Å²) in [6, 6.07) is 13.8. The summed E-state index contributed by atoms with van der Waals surface area (Å²) in [6.07, 6.45) is 6.29. The van der Waals surface area contributed by atoms with Crippen LogP contribution in [0.1, 0.15) is 57.7 Å². The molecule has 5 heteroatoms. The Kier molecular flexibility index (Phi) is 6.30. The number of hydrogen-bond donors (Lipinski definition) is 2. The molecule has 1 fully saturated rings. The first-order valence-electron chi connectivity index (χ1n) is 10.8. The molecule has 3 heterocycles. The van der Waals surface area contributed by atoms with Crippen molar-refractivity contribution in [1.29, 1.82) is 0 Å². The lowest BCUT2D eigenvalue weighted by atomic mass is 9.91. The quantitative estimate of drug-likeness (QED) is 0.642. The third-order valence-electron chi connectivity index (χ3n) is 6.33. The number of piperidine rings is 1. The van der Waals surface area contributed by atoms with Crippen LogP contribution in [0.3, 0.4) is 0 Å². The highest BCUT2D eigenvalue weighted by molar-refractivity contribution is 7.16. The lowest BCUT2D eigenvalue weighted by molar-refractivity contribution is -0.931. The van der Waals surface area contributed by atoms with Gasteiger partial charge in [-0.2, -0.15) is 0 Å². The van der Waals surface area contributed by atoms with Gasteiger partial charge in [0.25, 0.3) is 5.91 Å². The largest absolute Gasteiger partial charge is 0.325 e. The van der Waals surface area contributed by atoms with Crippen molar-refractivity contribution in [2.75, 3.05) is 18.4 Å². The molecule has 4 nitrogen and oxygen atoms in total. The minimum atomic E-state index is -0.0506. The fourth-order valence-corrected chi connectivity index (χ4v) is 5.52. The Hall–Kier alpha value is -2.50. The van der Waals surface area contributed by atoms with Crippen molar-refractivity contribution < 1.29 is 9.69 Å². The number of aromatic nitrogens is 1. The lowest BCUT2D eigenvalue weighted by Crippen LogP contribution is -3.13. The van der Waals surface area contributed by atoms with E-state index in [1.54, 1.807) is 16.2 Å². The van der Waals surface area contributed by atoms with E-state index in [1.807, 2.05) is 48.8 Å². The van der Waals surface area contributed by atoms with Gasteiger partial charge in [0.05, 0.1) is 18.7 Å². The monoisotopic (exact) mass is 420 g/mol. The number of hydrogen-bond acceptors (Lipinski definition) is 3. The average molecular weight is 421 g/mol. The van der Waals surface area contributed by atoms with Crippen LogP contribution in [-0.4, -0.2) is 24.0 Å². The number of thiophene rings is 1. The Morgan fingerprint density at radius 3 is 2.53 bits per heavy atom. The molecular weight excluding hydrogens is 390 g/mol. The normalized spacial score (nSPS) is 20.0. The lowest BCUT2D eigenvalue weighted by Gasteiger charge is -2.34. The SMILES string of the molecule is Cc1sc(NC(=O)c2ccccc2)c([C@H](c2cccnc2)[NH+]2CCC(C)CC2)c1C. The first kappa shape index (κ1) is 20.8. The molecule has 3 aromatic rings. The summed E-state index contributed by atoms with van der Waals surface area (Å²) in [5.74, 6) is 0.733. The maximum atomic E-state index is 12.9. The standard InChI is InChI=1S/C25H29N3OS/c1-17-11-14-28(15-12-17)23(21-10-7-13-26-16-21)22-18(2)19(3)30-25(22)27-24(29)20-8-5-4-6-9-20/h4-10,13,16-17,23H,11-12,14-15H2,1-3H3,(H,27,29)/p+1/t23-/m0/s1. The predicted molar refractivity (Wildman–Crippen MR) is 123 cm³/mol. The van der Waals surface area contributed by atoms with Crippen molar-refractivity contribution in [3.63, 3.8) is 0 Å². The summed E-state index contributed by atoms with van der Waals surface area (Å²) in [7, 11) is 0. The number of pyridine rings is 1. The van der Waals surface area contributed by atoms with Crippen molar-refractivity contribution in [1.82, 2.24) is 4.98 Å². The first-order valence-corrected chi connectivity index (χ1v) is 11.6. The van der Waals surface area contributed by atoms with Crippen LogP contribution >= 0.6 is 11.3 Å². The van der Waals surface area contributed by atoms with Crippen LogP contribution in [0.4, 0.5) is 5.00 Å². The van der Waals surface area contributed by atoms with Crippen molar-refractivity contribution in [2.24, 2.45) is 5.92 Å². The third-order valence-corrected chi connectivity index (χ3v) is 7.46. The Morgan fingerprint density at radius 2 is 1.87 bits per heavy atom. The van der Waals surface area contributed by atoms with Gasteiger partial charge >= 0.3 is 0 Å². The zero-order valence-electron chi connectivity index (χ0n) is 17.9. The summed E-state index contributed by atoms with van der Waals surface area (Å²) in [5.41, 5.74) is 4.44. The molecule has 1 aromatic carbocycles. The van der Waals surface area contributed by atoms with Crippen LogP contribution < -0.4 is 10.2 Å². The smallest absolute Gasteiger partial charge is 0.256 e. The topological polar surface area (TPSA) is 46.4 Å². The highest BCUT2D eigenvalue weighted by Crippen LogP contribution is 2.38. The number of aryl methyl sites for hydroxylation is 1. The van der Waals surface area contributed by atoms with Crippen LogP contribution in [0.15, 0.2) is 54.9 Å². The molecule has 1 saturated heterocycles. The number of rotatable bonds is 5. The molecule has 30 heavy (non-hydrogen) atoms. The van der Waals surface area contributed by atoms with Crippen LogP contribution in [0, 0.1) is 19.8 Å². The predicted octanol–water partition coefficient (Wildman–Crippen LogP) is 4.42. The molecule has 156 valence electrons. The molecule has 0 radical (unpaired) electrons. The van der Waals surface area contributed by atoms with Gasteiger partial charge in [-0.05, 0) is 62.4 Å². The Balaban J connectivity index is 1.74. The van der Waals surface area contributed by atoms with E-state index in [-0.39, 0.29) is 11.9 Å². The second-order valence-electron chi connectivity index (χ2n) is 8.41. The highest BCUT2D eigenvalue weighted by atomic mass is 32.1. The first-order chi connectivity index (χ1) is 14.5. The molecule has 1 aliphatic heterocycles. The molecule has 1 atom stereocenters. The number of carbonyl (C=O) groups is 1. The summed E-state index contributed by atoms with van der Waals surface area (Å²) in [6.45, 7) is 8.97. The molecule has 2 aromatic heterocycles. The number of quaternary nitrogens is 1. The zero-order chi connectivity index (χ0) is 21.1. The fourth-order valence-electron chi connectivity index (χ4n) is 4.42. The Bertz CT molecular complexity index is 992. The van der Waals surface area contributed by atoms with E-state index in [0.29, 0.717) is 5.56 Å². The number of likely N-dealkylation sites (tertiary alicyclic amines) is 1. The van der Waals surface area contributed by atoms with Crippen LogP contribution in [-0.2, 0) is 0 Å². The molecule has 1 amide bonds. The zero-order valence-corrected chi connectivity index (χ0v) is 18.8.